The molecule has 7 heteroatoms. The number of aromatic amines is 1. The van der Waals surface area contributed by atoms with Crippen LogP contribution >= 0.6 is 0 Å². The minimum Gasteiger partial charge on any atom is -0.496 e. The van der Waals surface area contributed by atoms with E-state index in [-0.39, 0.29) is 5.91 Å². The van der Waals surface area contributed by atoms with Crippen LogP contribution in [-0.4, -0.2) is 33.0 Å². The molecule has 0 spiro atoms. The topological polar surface area (TPSA) is 84.8 Å². The van der Waals surface area contributed by atoms with Crippen molar-refractivity contribution in [3.05, 3.63) is 48.3 Å². The van der Waals surface area contributed by atoms with Crippen LogP contribution in [0.4, 0.5) is 5.82 Å². The van der Waals surface area contributed by atoms with Gasteiger partial charge >= 0.3 is 0 Å². The van der Waals surface area contributed by atoms with Crippen molar-refractivity contribution in [2.75, 3.05) is 12.4 Å². The summed E-state index contributed by atoms with van der Waals surface area (Å²) in [5.74, 6) is 0.914. The summed E-state index contributed by atoms with van der Waals surface area (Å²) in [6, 6.07) is 9.34. The van der Waals surface area contributed by atoms with Crippen molar-refractivity contribution in [3.63, 3.8) is 0 Å². The fraction of sp³-hybridized carbons (Fsp3) is 0.133. The normalized spacial score (nSPS) is 10.5. The molecule has 0 bridgehead atoms. The number of H-pyrrole nitrogens is 1. The predicted molar refractivity (Wildman–Crippen MR) is 81.7 cm³/mol. The number of methoxy groups -OCH3 is 1. The van der Waals surface area contributed by atoms with E-state index in [4.69, 9.17) is 4.74 Å². The molecule has 7 nitrogen and oxygen atoms in total. The molecule has 0 aliphatic heterocycles. The summed E-state index contributed by atoms with van der Waals surface area (Å²) >= 11 is 0. The maximum atomic E-state index is 12.1. The van der Waals surface area contributed by atoms with E-state index in [0.29, 0.717) is 11.4 Å². The van der Waals surface area contributed by atoms with Crippen molar-refractivity contribution in [1.29, 1.82) is 0 Å². The molecule has 0 atom stereocenters. The molecular formula is C15H15N5O2. The standard InChI is InChI=1S/C15H15N5O2/c1-20-9-10(8-16-20)15(21)17-14-7-12(18-19-14)11-5-3-4-6-13(11)22-2/h3-9H,1-2H3,(H2,17,18,19,21). The highest BCUT2D eigenvalue weighted by Crippen LogP contribution is 2.29. The van der Waals surface area contributed by atoms with Crippen LogP contribution in [0.2, 0.25) is 0 Å². The van der Waals surface area contributed by atoms with E-state index < -0.39 is 0 Å². The molecule has 2 N–H and O–H groups in total. The van der Waals surface area contributed by atoms with Crippen LogP contribution in [0.1, 0.15) is 10.4 Å². The van der Waals surface area contributed by atoms with Crippen molar-refractivity contribution in [1.82, 2.24) is 20.0 Å². The van der Waals surface area contributed by atoms with Gasteiger partial charge < -0.3 is 10.1 Å². The molecule has 1 aromatic carbocycles. The zero-order valence-electron chi connectivity index (χ0n) is 12.2. The molecule has 0 radical (unpaired) electrons. The number of para-hydroxylation sites is 1. The Morgan fingerprint density at radius 1 is 1.36 bits per heavy atom. The summed E-state index contributed by atoms with van der Waals surface area (Å²) in [5, 5.41) is 13.7. The van der Waals surface area contributed by atoms with E-state index in [1.54, 1.807) is 31.1 Å². The second-order valence-corrected chi connectivity index (χ2v) is 4.72. The molecule has 3 rings (SSSR count). The molecule has 2 heterocycles. The summed E-state index contributed by atoms with van der Waals surface area (Å²) in [4.78, 5) is 12.1. The molecule has 0 saturated heterocycles. The number of aryl methyl sites for hydroxylation is 1. The van der Waals surface area contributed by atoms with Crippen LogP contribution in [-0.2, 0) is 7.05 Å². The summed E-state index contributed by atoms with van der Waals surface area (Å²) in [6.07, 6.45) is 3.15. The van der Waals surface area contributed by atoms with Crippen molar-refractivity contribution in [2.24, 2.45) is 7.05 Å². The number of amides is 1. The largest absolute Gasteiger partial charge is 0.496 e. The molecule has 112 valence electrons. The average Bonchev–Trinajstić information content (AvgIpc) is 3.16. The van der Waals surface area contributed by atoms with E-state index >= 15 is 0 Å². The first-order valence-corrected chi connectivity index (χ1v) is 6.66. The van der Waals surface area contributed by atoms with Crippen molar-refractivity contribution < 1.29 is 9.53 Å². The lowest BCUT2D eigenvalue weighted by Gasteiger charge is -2.05. The molecule has 2 aromatic heterocycles. The number of carbonyl (C=O) groups excluding carboxylic acids is 1. The number of carbonyl (C=O) groups is 1. The van der Waals surface area contributed by atoms with Crippen LogP contribution in [0, 0.1) is 0 Å². The Labute approximate surface area is 126 Å². The van der Waals surface area contributed by atoms with Gasteiger partial charge in [-0.1, -0.05) is 12.1 Å². The Bertz CT molecular complexity index is 806. The second-order valence-electron chi connectivity index (χ2n) is 4.72. The third kappa shape index (κ3) is 2.69. The number of rotatable bonds is 4. The number of nitrogens with zero attached hydrogens (tertiary/aromatic N) is 3. The Morgan fingerprint density at radius 2 is 2.18 bits per heavy atom. The van der Waals surface area contributed by atoms with E-state index in [1.165, 1.54) is 6.20 Å². The number of hydrogen-bond donors (Lipinski definition) is 2. The SMILES string of the molecule is COc1ccccc1-c1cc(NC(=O)c2cnn(C)c2)n[nH]1. The Morgan fingerprint density at radius 3 is 2.91 bits per heavy atom. The highest BCUT2D eigenvalue weighted by molar-refractivity contribution is 6.03. The predicted octanol–water partition coefficient (Wildman–Crippen LogP) is 2.07. The monoisotopic (exact) mass is 297 g/mol. The number of anilines is 1. The van der Waals surface area contributed by atoms with Gasteiger partial charge in [0, 0.05) is 24.9 Å². The van der Waals surface area contributed by atoms with Crippen molar-refractivity contribution in [2.45, 2.75) is 0 Å². The van der Waals surface area contributed by atoms with Crippen LogP contribution < -0.4 is 10.1 Å². The van der Waals surface area contributed by atoms with Gasteiger partial charge in [0.15, 0.2) is 5.82 Å². The highest BCUT2D eigenvalue weighted by Gasteiger charge is 2.12. The van der Waals surface area contributed by atoms with Gasteiger partial charge in [-0.2, -0.15) is 10.2 Å². The van der Waals surface area contributed by atoms with E-state index in [0.717, 1.165) is 17.0 Å². The van der Waals surface area contributed by atoms with E-state index in [9.17, 15) is 4.79 Å². The fourth-order valence-corrected chi connectivity index (χ4v) is 2.12. The summed E-state index contributed by atoms with van der Waals surface area (Å²) in [5.41, 5.74) is 2.11. The lowest BCUT2D eigenvalue weighted by molar-refractivity contribution is 0.102. The first-order valence-electron chi connectivity index (χ1n) is 6.66. The maximum absolute atomic E-state index is 12.1. The molecule has 3 aromatic rings. The van der Waals surface area contributed by atoms with Crippen LogP contribution in [0.3, 0.4) is 0 Å². The van der Waals surface area contributed by atoms with E-state index in [2.05, 4.69) is 20.6 Å². The molecule has 0 saturated carbocycles. The van der Waals surface area contributed by atoms with Crippen molar-refractivity contribution in [3.8, 4) is 17.0 Å². The molecular weight excluding hydrogens is 282 g/mol. The number of hydrogen-bond acceptors (Lipinski definition) is 4. The molecule has 0 aliphatic carbocycles. The third-order valence-corrected chi connectivity index (χ3v) is 3.18. The first-order chi connectivity index (χ1) is 10.7. The smallest absolute Gasteiger partial charge is 0.260 e. The Kier molecular flexibility index (Phi) is 3.61. The lowest BCUT2D eigenvalue weighted by Crippen LogP contribution is -2.11. The number of aromatic nitrogens is 4. The third-order valence-electron chi connectivity index (χ3n) is 3.18. The summed E-state index contributed by atoms with van der Waals surface area (Å²) < 4.78 is 6.89. The van der Waals surface area contributed by atoms with Crippen molar-refractivity contribution >= 4 is 11.7 Å². The summed E-state index contributed by atoms with van der Waals surface area (Å²) in [7, 11) is 3.37. The van der Waals surface area contributed by atoms with E-state index in [1.807, 2.05) is 24.3 Å². The van der Waals surface area contributed by atoms with Crippen LogP contribution in [0.25, 0.3) is 11.3 Å². The number of benzene rings is 1. The van der Waals surface area contributed by atoms with Gasteiger partial charge in [0.25, 0.3) is 5.91 Å². The molecule has 0 unspecified atom stereocenters. The van der Waals surface area contributed by atoms with Crippen LogP contribution in [0.15, 0.2) is 42.7 Å². The van der Waals surface area contributed by atoms with Crippen LogP contribution in [0.5, 0.6) is 5.75 Å². The highest BCUT2D eigenvalue weighted by atomic mass is 16.5. The molecule has 1 amide bonds. The average molecular weight is 297 g/mol. The van der Waals surface area contributed by atoms with Gasteiger partial charge in [0.05, 0.1) is 24.6 Å². The van der Waals surface area contributed by atoms with Gasteiger partial charge in [-0.05, 0) is 12.1 Å². The Hall–Kier alpha value is -3.09. The maximum Gasteiger partial charge on any atom is 0.260 e. The minimum atomic E-state index is -0.258. The Balaban J connectivity index is 1.80. The van der Waals surface area contributed by atoms with Gasteiger partial charge in [-0.3, -0.25) is 14.6 Å². The number of ether oxygens (including phenoxy) is 1. The van der Waals surface area contributed by atoms with Gasteiger partial charge in [0.1, 0.15) is 5.75 Å². The summed E-state index contributed by atoms with van der Waals surface area (Å²) in [6.45, 7) is 0. The zero-order chi connectivity index (χ0) is 15.5. The zero-order valence-corrected chi connectivity index (χ0v) is 12.2. The quantitative estimate of drug-likeness (QED) is 0.772. The van der Waals surface area contributed by atoms with Gasteiger partial charge in [-0.15, -0.1) is 0 Å². The number of nitrogens with one attached hydrogen (secondary N) is 2. The lowest BCUT2D eigenvalue weighted by atomic mass is 10.1. The second kappa shape index (κ2) is 5.72. The van der Waals surface area contributed by atoms with Gasteiger partial charge in [-0.25, -0.2) is 0 Å². The molecule has 0 fully saturated rings. The fourth-order valence-electron chi connectivity index (χ4n) is 2.12. The molecule has 0 aliphatic rings. The molecule has 22 heavy (non-hydrogen) atoms. The minimum absolute atomic E-state index is 0.258. The first kappa shape index (κ1) is 13.9. The van der Waals surface area contributed by atoms with Gasteiger partial charge in [0.2, 0.25) is 0 Å².